The van der Waals surface area contributed by atoms with Crippen LogP contribution in [0.25, 0.3) is 0 Å². The molecule has 1 saturated heterocycles. The second-order valence-electron chi connectivity index (χ2n) is 6.97. The number of carbonyl (C=O) groups excluding carboxylic acids is 1. The summed E-state index contributed by atoms with van der Waals surface area (Å²) in [5.41, 5.74) is 1.73. The largest absolute Gasteiger partial charge is 0.491 e. The fourth-order valence-electron chi connectivity index (χ4n) is 3.07. The summed E-state index contributed by atoms with van der Waals surface area (Å²) in [6, 6.07) is 13.3. The Kier molecular flexibility index (Phi) is 6.33. The average Bonchev–Trinajstić information content (AvgIpc) is 2.72. The third kappa shape index (κ3) is 5.13. The summed E-state index contributed by atoms with van der Waals surface area (Å²) in [4.78, 5) is 20.7. The topological polar surface area (TPSA) is 81.5 Å². The van der Waals surface area contributed by atoms with Gasteiger partial charge in [-0.3, -0.25) is 0 Å². The normalized spacial score (nSPS) is 14.9. The average molecular weight is 379 g/mol. The lowest BCUT2D eigenvalue weighted by molar-refractivity contribution is 0.184. The number of ether oxygens (including phenoxy) is 1. The molecule has 1 aliphatic rings. The van der Waals surface area contributed by atoms with Crippen LogP contribution >= 0.6 is 0 Å². The summed E-state index contributed by atoms with van der Waals surface area (Å²) in [6.07, 6.45) is 1.64. The lowest BCUT2D eigenvalue weighted by atomic mass is 10.2. The zero-order valence-corrected chi connectivity index (χ0v) is 16.3. The number of nitrogens with zero attached hydrogens (tertiary/aromatic N) is 4. The Morgan fingerprint density at radius 1 is 1.29 bits per heavy atom. The van der Waals surface area contributed by atoms with Gasteiger partial charge in [-0.1, -0.05) is 12.1 Å². The number of nitriles is 1. The zero-order chi connectivity index (χ0) is 19.9. The summed E-state index contributed by atoms with van der Waals surface area (Å²) in [5, 5.41) is 12.0. The molecule has 0 radical (unpaired) electrons. The Morgan fingerprint density at radius 2 is 2.07 bits per heavy atom. The van der Waals surface area contributed by atoms with Crippen molar-refractivity contribution in [2.45, 2.75) is 19.9 Å². The third-order valence-electron chi connectivity index (χ3n) is 4.62. The fraction of sp³-hybridized carbons (Fsp3) is 0.381. The molecule has 7 heteroatoms. The van der Waals surface area contributed by atoms with Crippen molar-refractivity contribution in [1.29, 1.82) is 5.26 Å². The Balaban J connectivity index is 1.45. The van der Waals surface area contributed by atoms with E-state index in [0.29, 0.717) is 38.3 Å². The molecule has 1 aliphatic heterocycles. The molecule has 0 spiro atoms. The van der Waals surface area contributed by atoms with Gasteiger partial charge in [0.15, 0.2) is 0 Å². The zero-order valence-electron chi connectivity index (χ0n) is 16.3. The van der Waals surface area contributed by atoms with E-state index in [1.54, 1.807) is 23.2 Å². The number of urea groups is 1. The van der Waals surface area contributed by atoms with E-state index in [9.17, 15) is 4.79 Å². The van der Waals surface area contributed by atoms with Crippen molar-refractivity contribution in [3.63, 3.8) is 0 Å². The van der Waals surface area contributed by atoms with Crippen LogP contribution in [0.4, 0.5) is 10.6 Å². The molecule has 2 amide bonds. The number of piperazine rings is 1. The van der Waals surface area contributed by atoms with Crippen LogP contribution in [-0.2, 0) is 0 Å². The van der Waals surface area contributed by atoms with Gasteiger partial charge in [0.2, 0.25) is 0 Å². The van der Waals surface area contributed by atoms with E-state index in [1.807, 2.05) is 38.1 Å². The van der Waals surface area contributed by atoms with Gasteiger partial charge in [-0.25, -0.2) is 9.78 Å². The molecule has 0 aliphatic carbocycles. The Hall–Kier alpha value is -3.27. The summed E-state index contributed by atoms with van der Waals surface area (Å²) in [6.45, 7) is 6.95. The highest BCUT2D eigenvalue weighted by Crippen LogP contribution is 2.15. The molecular formula is C21H25N5O2. The van der Waals surface area contributed by atoms with Crippen LogP contribution in [0.15, 0.2) is 42.6 Å². The van der Waals surface area contributed by atoms with Gasteiger partial charge in [0.25, 0.3) is 0 Å². The minimum atomic E-state index is -0.0972. The number of nitrogens with one attached hydrogen (secondary N) is 1. The number of hydrogen-bond acceptors (Lipinski definition) is 5. The second-order valence-corrected chi connectivity index (χ2v) is 6.97. The van der Waals surface area contributed by atoms with Crippen molar-refractivity contribution >= 4 is 11.8 Å². The number of aromatic nitrogens is 1. The number of rotatable bonds is 5. The van der Waals surface area contributed by atoms with E-state index in [1.165, 1.54) is 0 Å². The van der Waals surface area contributed by atoms with Crippen molar-refractivity contribution in [2.75, 3.05) is 37.7 Å². The quantitative estimate of drug-likeness (QED) is 0.863. The van der Waals surface area contributed by atoms with E-state index in [2.05, 4.69) is 21.3 Å². The highest BCUT2D eigenvalue weighted by Gasteiger charge is 2.23. The highest BCUT2D eigenvalue weighted by atomic mass is 16.5. The Bertz CT molecular complexity index is 856. The van der Waals surface area contributed by atoms with Gasteiger partial charge in [-0.2, -0.15) is 5.26 Å². The SMILES string of the molecule is Cc1cccc(OCC(C)NC(=O)N2CCN(c3cc(C#N)ccn3)CC2)c1. The second kappa shape index (κ2) is 9.09. The summed E-state index contributed by atoms with van der Waals surface area (Å²) in [7, 11) is 0. The van der Waals surface area contributed by atoms with Gasteiger partial charge in [0.05, 0.1) is 17.7 Å². The molecule has 3 rings (SSSR count). The standard InChI is InChI=1S/C21H25N5O2/c1-16-4-3-5-19(12-16)28-15-17(2)24-21(27)26-10-8-25(9-11-26)20-13-18(14-22)6-7-23-20/h3-7,12-13,17H,8-11,15H2,1-2H3,(H,24,27). The Labute approximate surface area is 165 Å². The van der Waals surface area contributed by atoms with Crippen molar-refractivity contribution in [3.8, 4) is 11.8 Å². The first-order chi connectivity index (χ1) is 13.5. The summed E-state index contributed by atoms with van der Waals surface area (Å²) >= 11 is 0. The summed E-state index contributed by atoms with van der Waals surface area (Å²) in [5.74, 6) is 1.58. The monoisotopic (exact) mass is 379 g/mol. The molecule has 1 atom stereocenters. The molecule has 1 N–H and O–H groups in total. The van der Waals surface area contributed by atoms with Gasteiger partial charge < -0.3 is 19.9 Å². The van der Waals surface area contributed by atoms with Gasteiger partial charge in [-0.05, 0) is 43.7 Å². The first-order valence-corrected chi connectivity index (χ1v) is 9.41. The molecule has 0 saturated carbocycles. The predicted octanol–water partition coefficient (Wildman–Crippen LogP) is 2.56. The van der Waals surface area contributed by atoms with E-state index >= 15 is 0 Å². The van der Waals surface area contributed by atoms with Gasteiger partial charge >= 0.3 is 6.03 Å². The van der Waals surface area contributed by atoms with Gasteiger partial charge in [0.1, 0.15) is 18.2 Å². The molecule has 28 heavy (non-hydrogen) atoms. The molecular weight excluding hydrogens is 354 g/mol. The lowest BCUT2D eigenvalue weighted by Crippen LogP contribution is -2.54. The fourth-order valence-corrected chi connectivity index (χ4v) is 3.07. The van der Waals surface area contributed by atoms with Crippen LogP contribution < -0.4 is 15.0 Å². The van der Waals surface area contributed by atoms with Crippen LogP contribution in [-0.4, -0.2) is 54.7 Å². The van der Waals surface area contributed by atoms with Crippen molar-refractivity contribution in [2.24, 2.45) is 0 Å². The minimum absolute atomic E-state index is 0.0845. The first-order valence-electron chi connectivity index (χ1n) is 9.41. The number of amides is 2. The summed E-state index contributed by atoms with van der Waals surface area (Å²) < 4.78 is 5.76. The molecule has 146 valence electrons. The maximum Gasteiger partial charge on any atom is 0.317 e. The van der Waals surface area contributed by atoms with E-state index in [0.717, 1.165) is 17.1 Å². The number of pyridine rings is 1. The first kappa shape index (κ1) is 19.5. The number of benzene rings is 1. The number of hydrogen-bond donors (Lipinski definition) is 1. The van der Waals surface area contributed by atoms with E-state index < -0.39 is 0 Å². The number of anilines is 1. The molecule has 7 nitrogen and oxygen atoms in total. The van der Waals surface area contributed by atoms with Gasteiger partial charge in [0, 0.05) is 32.4 Å². The molecule has 2 aromatic rings. The van der Waals surface area contributed by atoms with Crippen molar-refractivity contribution in [3.05, 3.63) is 53.7 Å². The molecule has 1 unspecified atom stereocenters. The predicted molar refractivity (Wildman–Crippen MR) is 107 cm³/mol. The smallest absolute Gasteiger partial charge is 0.317 e. The highest BCUT2D eigenvalue weighted by molar-refractivity contribution is 5.74. The van der Waals surface area contributed by atoms with Gasteiger partial charge in [-0.15, -0.1) is 0 Å². The Morgan fingerprint density at radius 3 is 2.79 bits per heavy atom. The van der Waals surface area contributed by atoms with Crippen LogP contribution in [0.1, 0.15) is 18.1 Å². The van der Waals surface area contributed by atoms with Crippen molar-refractivity contribution in [1.82, 2.24) is 15.2 Å². The molecule has 2 heterocycles. The minimum Gasteiger partial charge on any atom is -0.491 e. The van der Waals surface area contributed by atoms with Crippen LogP contribution in [0.2, 0.25) is 0 Å². The van der Waals surface area contributed by atoms with E-state index in [4.69, 9.17) is 10.00 Å². The molecule has 0 bridgehead atoms. The molecule has 1 aromatic heterocycles. The van der Waals surface area contributed by atoms with Crippen LogP contribution in [0.5, 0.6) is 5.75 Å². The maximum absolute atomic E-state index is 12.5. The van der Waals surface area contributed by atoms with E-state index in [-0.39, 0.29) is 12.1 Å². The molecule has 1 aromatic carbocycles. The lowest BCUT2D eigenvalue weighted by Gasteiger charge is -2.35. The van der Waals surface area contributed by atoms with Crippen LogP contribution in [0.3, 0.4) is 0 Å². The van der Waals surface area contributed by atoms with Crippen LogP contribution in [0, 0.1) is 18.3 Å². The van der Waals surface area contributed by atoms with Crippen molar-refractivity contribution < 1.29 is 9.53 Å². The third-order valence-corrected chi connectivity index (χ3v) is 4.62. The molecule has 1 fully saturated rings. The number of carbonyl (C=O) groups is 1. The maximum atomic E-state index is 12.5. The number of aryl methyl sites for hydroxylation is 1.